The fourth-order valence-electron chi connectivity index (χ4n) is 1.68. The van der Waals surface area contributed by atoms with Crippen LogP contribution in [-0.2, 0) is 0 Å². The standard InChI is InChI=1S/C14H23N3O2/c1-6-9(4)10(5)16-11-7-15-13(8(2)3)17-12(11)14(18)19/h7-10,16H,6H2,1-5H3,(H,18,19). The number of hydrogen-bond donors (Lipinski definition) is 2. The quantitative estimate of drug-likeness (QED) is 0.826. The van der Waals surface area contributed by atoms with Gasteiger partial charge in [0.25, 0.3) is 0 Å². The zero-order chi connectivity index (χ0) is 14.6. The van der Waals surface area contributed by atoms with Crippen LogP contribution in [0.4, 0.5) is 5.69 Å². The first-order valence-electron chi connectivity index (χ1n) is 6.73. The Bertz CT molecular complexity index is 446. The third-order valence-corrected chi connectivity index (χ3v) is 3.41. The molecule has 0 bridgehead atoms. The number of anilines is 1. The molecule has 0 spiro atoms. The molecular weight excluding hydrogens is 242 g/mol. The van der Waals surface area contributed by atoms with Crippen molar-refractivity contribution in [3.05, 3.63) is 17.7 Å². The highest BCUT2D eigenvalue weighted by Gasteiger charge is 2.18. The molecule has 19 heavy (non-hydrogen) atoms. The van der Waals surface area contributed by atoms with Gasteiger partial charge in [-0.2, -0.15) is 0 Å². The van der Waals surface area contributed by atoms with Crippen LogP contribution in [0.5, 0.6) is 0 Å². The predicted molar refractivity (Wildman–Crippen MR) is 75.6 cm³/mol. The zero-order valence-electron chi connectivity index (χ0n) is 12.3. The van der Waals surface area contributed by atoms with Gasteiger partial charge in [0.15, 0.2) is 5.69 Å². The summed E-state index contributed by atoms with van der Waals surface area (Å²) in [5.74, 6) is 0.0906. The summed E-state index contributed by atoms with van der Waals surface area (Å²) < 4.78 is 0. The maximum atomic E-state index is 11.3. The smallest absolute Gasteiger partial charge is 0.356 e. The van der Waals surface area contributed by atoms with Crippen molar-refractivity contribution in [3.8, 4) is 0 Å². The molecule has 5 heteroatoms. The molecule has 5 nitrogen and oxygen atoms in total. The van der Waals surface area contributed by atoms with Crippen LogP contribution in [-0.4, -0.2) is 27.1 Å². The summed E-state index contributed by atoms with van der Waals surface area (Å²) in [4.78, 5) is 19.6. The third kappa shape index (κ3) is 3.91. The van der Waals surface area contributed by atoms with E-state index in [9.17, 15) is 9.90 Å². The molecule has 1 aromatic heterocycles. The molecule has 0 aromatic carbocycles. The first-order valence-corrected chi connectivity index (χ1v) is 6.73. The van der Waals surface area contributed by atoms with Crippen molar-refractivity contribution in [1.29, 1.82) is 0 Å². The van der Waals surface area contributed by atoms with Crippen molar-refractivity contribution >= 4 is 11.7 Å². The van der Waals surface area contributed by atoms with Crippen molar-refractivity contribution in [2.75, 3.05) is 5.32 Å². The third-order valence-electron chi connectivity index (χ3n) is 3.41. The van der Waals surface area contributed by atoms with Gasteiger partial charge >= 0.3 is 5.97 Å². The van der Waals surface area contributed by atoms with Gasteiger partial charge in [0.1, 0.15) is 5.82 Å². The molecular formula is C14H23N3O2. The molecule has 1 rings (SSSR count). The second-order valence-corrected chi connectivity index (χ2v) is 5.27. The lowest BCUT2D eigenvalue weighted by atomic mass is 10.0. The van der Waals surface area contributed by atoms with E-state index in [0.717, 1.165) is 6.42 Å². The van der Waals surface area contributed by atoms with Gasteiger partial charge < -0.3 is 10.4 Å². The molecule has 0 saturated carbocycles. The summed E-state index contributed by atoms with van der Waals surface area (Å²) >= 11 is 0. The summed E-state index contributed by atoms with van der Waals surface area (Å²) in [7, 11) is 0. The summed E-state index contributed by atoms with van der Waals surface area (Å²) in [5.41, 5.74) is 0.540. The Morgan fingerprint density at radius 1 is 1.37 bits per heavy atom. The van der Waals surface area contributed by atoms with Gasteiger partial charge in [-0.1, -0.05) is 34.1 Å². The average molecular weight is 265 g/mol. The molecule has 1 aromatic rings. The van der Waals surface area contributed by atoms with Crippen molar-refractivity contribution in [2.24, 2.45) is 5.92 Å². The van der Waals surface area contributed by atoms with Crippen molar-refractivity contribution < 1.29 is 9.90 Å². The Balaban J connectivity index is 3.03. The molecule has 0 aliphatic heterocycles. The number of rotatable bonds is 6. The molecule has 0 aliphatic carbocycles. The predicted octanol–water partition coefficient (Wildman–Crippen LogP) is 3.14. The Morgan fingerprint density at radius 3 is 2.47 bits per heavy atom. The lowest BCUT2D eigenvalue weighted by Gasteiger charge is -2.21. The van der Waals surface area contributed by atoms with Crippen LogP contribution in [0.15, 0.2) is 6.20 Å². The number of aromatic carboxylic acids is 1. The Hall–Kier alpha value is -1.65. The van der Waals surface area contributed by atoms with Gasteiger partial charge in [0.2, 0.25) is 0 Å². The van der Waals surface area contributed by atoms with Gasteiger partial charge in [-0.15, -0.1) is 0 Å². The molecule has 0 fully saturated rings. The zero-order valence-corrected chi connectivity index (χ0v) is 12.3. The Labute approximate surface area is 114 Å². The molecule has 0 aliphatic rings. The normalized spacial score (nSPS) is 14.2. The van der Waals surface area contributed by atoms with Crippen LogP contribution in [0.2, 0.25) is 0 Å². The number of carboxylic acid groups (broad SMARTS) is 1. The number of carbonyl (C=O) groups is 1. The molecule has 0 saturated heterocycles. The fourth-order valence-corrected chi connectivity index (χ4v) is 1.68. The van der Waals surface area contributed by atoms with Crippen LogP contribution in [0.3, 0.4) is 0 Å². The maximum Gasteiger partial charge on any atom is 0.356 e. The van der Waals surface area contributed by atoms with Crippen LogP contribution in [0.25, 0.3) is 0 Å². The van der Waals surface area contributed by atoms with Gasteiger partial charge in [-0.05, 0) is 12.8 Å². The van der Waals surface area contributed by atoms with E-state index in [1.165, 1.54) is 0 Å². The van der Waals surface area contributed by atoms with E-state index in [2.05, 4.69) is 29.1 Å². The largest absolute Gasteiger partial charge is 0.476 e. The number of carboxylic acids is 1. The number of aromatic nitrogens is 2. The van der Waals surface area contributed by atoms with E-state index in [4.69, 9.17) is 0 Å². The van der Waals surface area contributed by atoms with E-state index < -0.39 is 5.97 Å². The average Bonchev–Trinajstić information content (AvgIpc) is 2.37. The lowest BCUT2D eigenvalue weighted by molar-refractivity contribution is 0.0691. The maximum absolute atomic E-state index is 11.3. The minimum absolute atomic E-state index is 0.0499. The summed E-state index contributed by atoms with van der Waals surface area (Å²) in [6.07, 6.45) is 2.60. The van der Waals surface area contributed by atoms with Gasteiger partial charge in [0, 0.05) is 12.0 Å². The number of hydrogen-bond acceptors (Lipinski definition) is 4. The SMILES string of the molecule is CCC(C)C(C)Nc1cnc(C(C)C)nc1C(=O)O. The fraction of sp³-hybridized carbons (Fsp3) is 0.643. The monoisotopic (exact) mass is 265 g/mol. The highest BCUT2D eigenvalue weighted by Crippen LogP contribution is 2.19. The topological polar surface area (TPSA) is 75.1 Å². The van der Waals surface area contributed by atoms with Crippen molar-refractivity contribution in [3.63, 3.8) is 0 Å². The number of nitrogens with one attached hydrogen (secondary N) is 1. The molecule has 1 heterocycles. The van der Waals surface area contributed by atoms with E-state index in [0.29, 0.717) is 17.4 Å². The van der Waals surface area contributed by atoms with Gasteiger partial charge in [-0.25, -0.2) is 14.8 Å². The molecule has 2 unspecified atom stereocenters. The summed E-state index contributed by atoms with van der Waals surface area (Å²) in [5, 5.41) is 12.5. The lowest BCUT2D eigenvalue weighted by Crippen LogP contribution is -2.25. The van der Waals surface area contributed by atoms with Crippen molar-refractivity contribution in [2.45, 2.75) is 53.0 Å². The van der Waals surface area contributed by atoms with E-state index in [1.807, 2.05) is 20.8 Å². The number of nitrogens with zero attached hydrogens (tertiary/aromatic N) is 2. The van der Waals surface area contributed by atoms with Crippen LogP contribution in [0.1, 0.15) is 63.3 Å². The van der Waals surface area contributed by atoms with Gasteiger partial charge in [-0.3, -0.25) is 0 Å². The van der Waals surface area contributed by atoms with Crippen LogP contribution in [0, 0.1) is 5.92 Å². The van der Waals surface area contributed by atoms with Crippen LogP contribution < -0.4 is 5.32 Å². The highest BCUT2D eigenvalue weighted by molar-refractivity contribution is 5.91. The van der Waals surface area contributed by atoms with Gasteiger partial charge in [0.05, 0.1) is 11.9 Å². The summed E-state index contributed by atoms with van der Waals surface area (Å²) in [6.45, 7) is 10.2. The molecule has 0 amide bonds. The first kappa shape index (κ1) is 15.4. The van der Waals surface area contributed by atoms with Crippen molar-refractivity contribution in [1.82, 2.24) is 9.97 Å². The van der Waals surface area contributed by atoms with E-state index in [-0.39, 0.29) is 17.7 Å². The molecule has 2 atom stereocenters. The molecule has 2 N–H and O–H groups in total. The Morgan fingerprint density at radius 2 is 2.00 bits per heavy atom. The molecule has 0 radical (unpaired) electrons. The van der Waals surface area contributed by atoms with Crippen LogP contribution >= 0.6 is 0 Å². The minimum atomic E-state index is -1.02. The summed E-state index contributed by atoms with van der Waals surface area (Å²) in [6, 6.07) is 0.177. The second kappa shape index (κ2) is 6.50. The van der Waals surface area contributed by atoms with E-state index >= 15 is 0 Å². The Kier molecular flexibility index (Phi) is 5.27. The molecule has 106 valence electrons. The first-order chi connectivity index (χ1) is 8.86. The minimum Gasteiger partial charge on any atom is -0.476 e. The highest BCUT2D eigenvalue weighted by atomic mass is 16.4. The van der Waals surface area contributed by atoms with E-state index in [1.54, 1.807) is 6.20 Å². The second-order valence-electron chi connectivity index (χ2n) is 5.27.